The zero-order chi connectivity index (χ0) is 29.7. The van der Waals surface area contributed by atoms with E-state index < -0.39 is 17.2 Å². The van der Waals surface area contributed by atoms with Gasteiger partial charge in [-0.1, -0.05) is 0 Å². The number of benzene rings is 2. The molecule has 1 aliphatic heterocycles. The molecule has 12 heteroatoms. The molecule has 0 atom stereocenters. The van der Waals surface area contributed by atoms with E-state index in [1.165, 1.54) is 17.4 Å². The van der Waals surface area contributed by atoms with Crippen LogP contribution in [0.15, 0.2) is 40.7 Å². The van der Waals surface area contributed by atoms with E-state index in [1.807, 2.05) is 26.8 Å². The van der Waals surface area contributed by atoms with Gasteiger partial charge in [0.15, 0.2) is 5.13 Å². The van der Waals surface area contributed by atoms with E-state index >= 15 is 8.78 Å². The van der Waals surface area contributed by atoms with Gasteiger partial charge in [-0.25, -0.2) is 18.6 Å². The molecule has 0 aliphatic carbocycles. The van der Waals surface area contributed by atoms with Crippen molar-refractivity contribution in [2.75, 3.05) is 31.6 Å². The molecule has 0 unspecified atom stereocenters. The molecule has 3 aromatic rings. The van der Waals surface area contributed by atoms with E-state index in [2.05, 4.69) is 4.98 Å². The average Bonchev–Trinajstić information content (AvgIpc) is 3.48. The van der Waals surface area contributed by atoms with E-state index in [0.29, 0.717) is 42.6 Å². The van der Waals surface area contributed by atoms with Gasteiger partial charge < -0.3 is 23.8 Å². The van der Waals surface area contributed by atoms with Crippen LogP contribution in [0.4, 0.5) is 18.7 Å². The Morgan fingerprint density at radius 2 is 1.88 bits per heavy atom. The highest BCUT2D eigenvalue weighted by molar-refractivity contribution is 8.00. The topological polar surface area (TPSA) is 73.4 Å². The number of amides is 1. The van der Waals surface area contributed by atoms with Gasteiger partial charge in [-0.3, -0.25) is 4.31 Å². The molecule has 1 saturated heterocycles. The van der Waals surface area contributed by atoms with Crippen LogP contribution in [0.1, 0.15) is 44.7 Å². The van der Waals surface area contributed by atoms with Crippen molar-refractivity contribution in [3.8, 4) is 17.2 Å². The van der Waals surface area contributed by atoms with E-state index in [0.717, 1.165) is 17.5 Å². The molecular formula is C29H35F2N3O5S2. The predicted octanol–water partition coefficient (Wildman–Crippen LogP) is 7.24. The third-order valence-electron chi connectivity index (χ3n) is 6.40. The van der Waals surface area contributed by atoms with Crippen LogP contribution in [0.25, 0.3) is 0 Å². The zero-order valence-electron chi connectivity index (χ0n) is 24.0. The van der Waals surface area contributed by atoms with Crippen LogP contribution in [0.2, 0.25) is 0 Å². The van der Waals surface area contributed by atoms with Gasteiger partial charge in [-0.15, -0.1) is 11.3 Å². The highest BCUT2D eigenvalue weighted by Crippen LogP contribution is 2.40. The maximum absolute atomic E-state index is 15.7. The number of halogens is 2. The second kappa shape index (κ2) is 13.2. The molecule has 0 spiro atoms. The van der Waals surface area contributed by atoms with E-state index in [4.69, 9.17) is 18.9 Å². The summed E-state index contributed by atoms with van der Waals surface area (Å²) < 4.78 is 55.2. The normalized spacial score (nSPS) is 14.1. The number of likely N-dealkylation sites (tertiary alicyclic amines) is 1. The van der Waals surface area contributed by atoms with Crippen LogP contribution < -0.4 is 18.5 Å². The summed E-state index contributed by atoms with van der Waals surface area (Å²) in [6.45, 7) is 8.19. The number of carbonyl (C=O) groups is 1. The Bertz CT molecular complexity index is 1340. The van der Waals surface area contributed by atoms with Gasteiger partial charge in [0.2, 0.25) is 0 Å². The molecule has 1 aromatic heterocycles. The number of nitrogens with zero attached hydrogens (tertiary/aromatic N) is 3. The lowest BCUT2D eigenvalue weighted by molar-refractivity contribution is 0.0125. The van der Waals surface area contributed by atoms with Crippen molar-refractivity contribution in [3.63, 3.8) is 0 Å². The molecule has 1 amide bonds. The van der Waals surface area contributed by atoms with Crippen molar-refractivity contribution in [2.45, 2.75) is 63.7 Å². The minimum atomic E-state index is -0.734. The van der Waals surface area contributed by atoms with Crippen LogP contribution >= 0.6 is 23.3 Å². The molecule has 8 nitrogen and oxygen atoms in total. The van der Waals surface area contributed by atoms with Crippen molar-refractivity contribution in [1.82, 2.24) is 9.88 Å². The van der Waals surface area contributed by atoms with Crippen molar-refractivity contribution in [1.29, 1.82) is 0 Å². The second-order valence-corrected chi connectivity index (χ2v) is 12.4. The summed E-state index contributed by atoms with van der Waals surface area (Å²) in [5.41, 5.74) is 0.433. The average molecular weight is 608 g/mol. The van der Waals surface area contributed by atoms with Gasteiger partial charge in [0.25, 0.3) is 0 Å². The smallest absolute Gasteiger partial charge is 0.410 e. The second-order valence-electron chi connectivity index (χ2n) is 10.5. The van der Waals surface area contributed by atoms with Crippen LogP contribution in [-0.2, 0) is 11.3 Å². The van der Waals surface area contributed by atoms with Crippen molar-refractivity contribution >= 4 is 34.5 Å². The molecule has 4 rings (SSSR count). The van der Waals surface area contributed by atoms with Crippen LogP contribution in [0.5, 0.6) is 17.2 Å². The quantitative estimate of drug-likeness (QED) is 0.236. The summed E-state index contributed by atoms with van der Waals surface area (Å²) in [7, 11) is 3.13. The Balaban J connectivity index is 1.49. The van der Waals surface area contributed by atoms with Crippen molar-refractivity contribution in [2.24, 2.45) is 0 Å². The lowest BCUT2D eigenvalue weighted by Gasteiger charge is -2.33. The third kappa shape index (κ3) is 7.73. The number of anilines is 1. The fourth-order valence-corrected chi connectivity index (χ4v) is 5.98. The first-order valence-corrected chi connectivity index (χ1v) is 14.8. The van der Waals surface area contributed by atoms with Crippen molar-refractivity contribution < 1.29 is 32.5 Å². The number of rotatable bonds is 9. The molecule has 0 radical (unpaired) electrons. The summed E-state index contributed by atoms with van der Waals surface area (Å²) in [5.74, 6) is -0.0531. The molecule has 0 saturated carbocycles. The van der Waals surface area contributed by atoms with Gasteiger partial charge in [0, 0.05) is 60.8 Å². The standard InChI is InChI=1S/C29H35F2N3O5S2/c1-18-23(38-20-9-12-33(13-10-20)28(35)39-29(2,3)4)16-22(30)26(25(18)31)41-34(27-32-11-14-40-27)17-19-7-8-21(36-5)15-24(19)37-6/h7-8,11,14-16,20H,9-10,12-13,17H2,1-6H3. The number of thiazole rings is 1. The molecule has 0 bridgehead atoms. The van der Waals surface area contributed by atoms with Crippen LogP contribution in [-0.4, -0.2) is 55.0 Å². The molecule has 2 heterocycles. The molecule has 0 N–H and O–H groups in total. The first-order valence-electron chi connectivity index (χ1n) is 13.2. The van der Waals surface area contributed by atoms with Gasteiger partial charge in [-0.2, -0.15) is 0 Å². The maximum Gasteiger partial charge on any atom is 0.410 e. The number of carbonyl (C=O) groups excluding carboxylic acids is 1. The number of hydrogen-bond donors (Lipinski definition) is 0. The summed E-state index contributed by atoms with van der Waals surface area (Å²) >= 11 is 2.29. The Kier molecular flexibility index (Phi) is 9.85. The monoisotopic (exact) mass is 607 g/mol. The number of hydrogen-bond acceptors (Lipinski definition) is 9. The van der Waals surface area contributed by atoms with Gasteiger partial charge in [0.05, 0.1) is 20.8 Å². The largest absolute Gasteiger partial charge is 0.497 e. The Hall–Kier alpha value is -3.25. The SMILES string of the molecule is COc1ccc(CN(Sc2c(F)cc(OC3CCN(C(=O)OC(C)(C)C)CC3)c(C)c2F)c2nccs2)c(OC)c1. The highest BCUT2D eigenvalue weighted by Gasteiger charge is 2.29. The summed E-state index contributed by atoms with van der Waals surface area (Å²) in [6.07, 6.45) is 2.04. The lowest BCUT2D eigenvalue weighted by Crippen LogP contribution is -2.44. The molecular weight excluding hydrogens is 572 g/mol. The number of methoxy groups -OCH3 is 2. The van der Waals surface area contributed by atoms with Crippen molar-refractivity contribution in [3.05, 3.63) is 58.6 Å². The Morgan fingerprint density at radius 1 is 1.15 bits per heavy atom. The molecule has 2 aromatic carbocycles. The van der Waals surface area contributed by atoms with Crippen LogP contribution in [0, 0.1) is 18.6 Å². The fraction of sp³-hybridized carbons (Fsp3) is 0.448. The van der Waals surface area contributed by atoms with Gasteiger partial charge in [-0.05, 0) is 51.8 Å². The highest BCUT2D eigenvalue weighted by atomic mass is 32.2. The molecule has 1 fully saturated rings. The Morgan fingerprint density at radius 3 is 2.49 bits per heavy atom. The molecule has 1 aliphatic rings. The fourth-order valence-electron chi connectivity index (χ4n) is 4.27. The summed E-state index contributed by atoms with van der Waals surface area (Å²) in [6, 6.07) is 6.64. The summed E-state index contributed by atoms with van der Waals surface area (Å²) in [5, 5.41) is 2.39. The van der Waals surface area contributed by atoms with E-state index in [1.54, 1.807) is 54.1 Å². The lowest BCUT2D eigenvalue weighted by atomic mass is 10.1. The molecule has 222 valence electrons. The Labute approximate surface area is 247 Å². The van der Waals surface area contributed by atoms with Gasteiger partial charge in [0.1, 0.15) is 45.5 Å². The van der Waals surface area contributed by atoms with E-state index in [9.17, 15) is 4.79 Å². The van der Waals surface area contributed by atoms with Gasteiger partial charge >= 0.3 is 6.09 Å². The number of aromatic nitrogens is 1. The zero-order valence-corrected chi connectivity index (χ0v) is 25.7. The van der Waals surface area contributed by atoms with Crippen LogP contribution in [0.3, 0.4) is 0 Å². The maximum atomic E-state index is 15.7. The first kappa shape index (κ1) is 30.7. The predicted molar refractivity (Wildman–Crippen MR) is 156 cm³/mol. The first-order chi connectivity index (χ1) is 19.5. The number of ether oxygens (including phenoxy) is 4. The molecule has 41 heavy (non-hydrogen) atoms. The minimum Gasteiger partial charge on any atom is -0.497 e. The third-order valence-corrected chi connectivity index (χ3v) is 8.39. The number of piperidine rings is 1. The van der Waals surface area contributed by atoms with E-state index in [-0.39, 0.29) is 35.0 Å². The minimum absolute atomic E-state index is 0.151. The summed E-state index contributed by atoms with van der Waals surface area (Å²) in [4.78, 5) is 18.2.